The molecule has 1 aliphatic heterocycles. The third-order valence-corrected chi connectivity index (χ3v) is 8.19. The van der Waals surface area contributed by atoms with Gasteiger partial charge in [0.05, 0.1) is 11.4 Å². The van der Waals surface area contributed by atoms with Crippen molar-refractivity contribution in [3.05, 3.63) is 64.8 Å². The lowest BCUT2D eigenvalue weighted by Gasteiger charge is -2.31. The lowest BCUT2D eigenvalue weighted by molar-refractivity contribution is -0.107. The van der Waals surface area contributed by atoms with E-state index < -0.39 is 22.0 Å². The van der Waals surface area contributed by atoms with E-state index in [-0.39, 0.29) is 30.7 Å². The molecule has 10 heteroatoms. The standard InChI is InChI=1S/C22H25F4N3O2S/c1-3-28(32(30,31)13-22(24,25)26)12-16-5-4-15-10-20-19(14(2)21(15)16)11-27-29(20)18-8-6-17(23)7-9-18/h6-11,14,16,27H,3-5,12-13H2,1-2H3/t14-,16+/m0/s1. The summed E-state index contributed by atoms with van der Waals surface area (Å²) in [6.45, 7) is 3.63. The SMILES string of the molecule is CCN(C[C@H]1CCC2=C1[C@@H](C)C1=CNN(c3ccc(F)cc3)C1=C2)S(=O)(=O)CC(F)(F)F. The van der Waals surface area contributed by atoms with Crippen LogP contribution in [0, 0.1) is 17.7 Å². The fourth-order valence-electron chi connectivity index (χ4n) is 4.89. The first-order chi connectivity index (χ1) is 15.0. The first-order valence-electron chi connectivity index (χ1n) is 10.5. The van der Waals surface area contributed by atoms with Gasteiger partial charge in [-0.25, -0.2) is 17.1 Å². The molecule has 0 radical (unpaired) electrons. The van der Waals surface area contributed by atoms with Gasteiger partial charge in [0.25, 0.3) is 0 Å². The Balaban J connectivity index is 1.59. The zero-order valence-electron chi connectivity index (χ0n) is 17.8. The molecule has 0 fully saturated rings. The van der Waals surface area contributed by atoms with Crippen LogP contribution in [0.3, 0.4) is 0 Å². The van der Waals surface area contributed by atoms with Gasteiger partial charge in [-0.3, -0.25) is 5.01 Å². The zero-order valence-corrected chi connectivity index (χ0v) is 18.6. The minimum Gasteiger partial charge on any atom is -0.301 e. The first-order valence-corrected chi connectivity index (χ1v) is 12.1. The van der Waals surface area contributed by atoms with Gasteiger partial charge in [-0.15, -0.1) is 0 Å². The number of rotatable bonds is 6. The Bertz CT molecular complexity index is 1090. The highest BCUT2D eigenvalue weighted by molar-refractivity contribution is 7.89. The lowest BCUT2D eigenvalue weighted by Crippen LogP contribution is -2.41. The van der Waals surface area contributed by atoms with Gasteiger partial charge in [0.15, 0.2) is 5.75 Å². The molecule has 0 spiro atoms. The highest BCUT2D eigenvalue weighted by Crippen LogP contribution is 2.48. The molecule has 1 aromatic carbocycles. The smallest absolute Gasteiger partial charge is 0.301 e. The fraction of sp³-hybridized carbons (Fsp3) is 0.455. The normalized spacial score (nSPS) is 23.2. The molecular formula is C22H25F4N3O2S. The van der Waals surface area contributed by atoms with Crippen molar-refractivity contribution < 1.29 is 26.0 Å². The molecule has 1 heterocycles. The molecule has 32 heavy (non-hydrogen) atoms. The molecule has 0 unspecified atom stereocenters. The summed E-state index contributed by atoms with van der Waals surface area (Å²) in [5, 5.41) is 1.87. The van der Waals surface area contributed by atoms with Gasteiger partial charge in [-0.2, -0.15) is 13.2 Å². The van der Waals surface area contributed by atoms with Gasteiger partial charge < -0.3 is 5.43 Å². The van der Waals surface area contributed by atoms with Gasteiger partial charge in [-0.05, 0) is 54.7 Å². The van der Waals surface area contributed by atoms with Crippen molar-refractivity contribution in [1.29, 1.82) is 0 Å². The molecule has 3 aliphatic rings. The average molecular weight is 472 g/mol. The lowest BCUT2D eigenvalue weighted by atomic mass is 9.80. The maximum absolute atomic E-state index is 13.3. The van der Waals surface area contributed by atoms with E-state index >= 15 is 0 Å². The Kier molecular flexibility index (Phi) is 5.87. The van der Waals surface area contributed by atoms with E-state index in [0.29, 0.717) is 6.42 Å². The number of anilines is 1. The van der Waals surface area contributed by atoms with Crippen LogP contribution in [0.5, 0.6) is 0 Å². The second-order valence-corrected chi connectivity index (χ2v) is 10.3. The third kappa shape index (κ3) is 4.30. The van der Waals surface area contributed by atoms with Crippen LogP contribution in [0.25, 0.3) is 0 Å². The number of nitrogens with zero attached hydrogens (tertiary/aromatic N) is 2. The molecule has 2 atom stereocenters. The summed E-state index contributed by atoms with van der Waals surface area (Å²) in [6.07, 6.45) is 0.567. The summed E-state index contributed by atoms with van der Waals surface area (Å²) in [4.78, 5) is 0. The van der Waals surface area contributed by atoms with E-state index in [2.05, 4.69) is 5.43 Å². The highest BCUT2D eigenvalue weighted by atomic mass is 32.2. The summed E-state index contributed by atoms with van der Waals surface area (Å²) in [7, 11) is -4.43. The van der Waals surface area contributed by atoms with Crippen molar-refractivity contribution in [3.8, 4) is 0 Å². The van der Waals surface area contributed by atoms with E-state index in [1.807, 2.05) is 24.2 Å². The zero-order chi connectivity index (χ0) is 23.3. The number of allylic oxidation sites excluding steroid dienone is 3. The number of hydrazine groups is 1. The number of benzene rings is 1. The molecule has 2 aliphatic carbocycles. The van der Waals surface area contributed by atoms with Crippen molar-refractivity contribution in [2.75, 3.05) is 23.9 Å². The Hall–Kier alpha value is -2.33. The van der Waals surface area contributed by atoms with Gasteiger partial charge in [-0.1, -0.05) is 19.4 Å². The molecule has 1 aromatic rings. The minimum absolute atomic E-state index is 0.00437. The molecular weight excluding hydrogens is 446 g/mol. The number of nitrogens with one attached hydrogen (secondary N) is 1. The van der Waals surface area contributed by atoms with Crippen molar-refractivity contribution in [1.82, 2.24) is 9.73 Å². The van der Waals surface area contributed by atoms with E-state index in [0.717, 1.165) is 38.8 Å². The second-order valence-electron chi connectivity index (χ2n) is 8.33. The molecule has 4 rings (SSSR count). The van der Waals surface area contributed by atoms with Crippen molar-refractivity contribution in [2.24, 2.45) is 11.8 Å². The number of halogens is 4. The predicted molar refractivity (Wildman–Crippen MR) is 114 cm³/mol. The summed E-state index contributed by atoms with van der Waals surface area (Å²) < 4.78 is 77.3. The van der Waals surface area contributed by atoms with Crippen molar-refractivity contribution in [2.45, 2.75) is 32.9 Å². The Morgan fingerprint density at radius 3 is 2.53 bits per heavy atom. The van der Waals surface area contributed by atoms with Crippen LogP contribution < -0.4 is 10.4 Å². The van der Waals surface area contributed by atoms with Crippen LogP contribution in [0.15, 0.2) is 59.0 Å². The molecule has 1 N–H and O–H groups in total. The molecule has 0 aromatic heterocycles. The molecule has 0 bridgehead atoms. The fourth-order valence-corrected chi connectivity index (χ4v) is 6.29. The van der Waals surface area contributed by atoms with E-state index in [1.54, 1.807) is 19.1 Å². The minimum atomic E-state index is -4.77. The van der Waals surface area contributed by atoms with Crippen LogP contribution in [0.2, 0.25) is 0 Å². The molecule has 174 valence electrons. The van der Waals surface area contributed by atoms with E-state index in [9.17, 15) is 26.0 Å². The molecule has 0 amide bonds. The average Bonchev–Trinajstić information content (AvgIpc) is 3.29. The number of sulfonamides is 1. The van der Waals surface area contributed by atoms with Gasteiger partial charge >= 0.3 is 6.18 Å². The largest absolute Gasteiger partial charge is 0.404 e. The summed E-state index contributed by atoms with van der Waals surface area (Å²) >= 11 is 0. The maximum atomic E-state index is 13.3. The maximum Gasteiger partial charge on any atom is 0.404 e. The van der Waals surface area contributed by atoms with Gasteiger partial charge in [0.1, 0.15) is 5.82 Å². The van der Waals surface area contributed by atoms with Gasteiger partial charge in [0.2, 0.25) is 10.0 Å². The molecule has 5 nitrogen and oxygen atoms in total. The predicted octanol–water partition coefficient (Wildman–Crippen LogP) is 4.49. The van der Waals surface area contributed by atoms with E-state index in [4.69, 9.17) is 0 Å². The monoisotopic (exact) mass is 471 g/mol. The summed E-state index contributed by atoms with van der Waals surface area (Å²) in [5.41, 5.74) is 8.11. The van der Waals surface area contributed by atoms with Crippen LogP contribution in [0.1, 0.15) is 26.7 Å². The quantitative estimate of drug-likeness (QED) is 0.622. The number of hydrogen-bond acceptors (Lipinski definition) is 4. The van der Waals surface area contributed by atoms with Crippen LogP contribution in [-0.2, 0) is 10.0 Å². The van der Waals surface area contributed by atoms with Crippen LogP contribution in [-0.4, -0.2) is 37.7 Å². The topological polar surface area (TPSA) is 52.6 Å². The van der Waals surface area contributed by atoms with Gasteiger partial charge in [0, 0.05) is 30.8 Å². The Morgan fingerprint density at radius 1 is 1.22 bits per heavy atom. The van der Waals surface area contributed by atoms with Crippen molar-refractivity contribution in [3.63, 3.8) is 0 Å². The van der Waals surface area contributed by atoms with Crippen LogP contribution >= 0.6 is 0 Å². The van der Waals surface area contributed by atoms with E-state index in [1.165, 1.54) is 12.1 Å². The summed E-state index contributed by atoms with van der Waals surface area (Å²) in [6, 6.07) is 6.13. The van der Waals surface area contributed by atoms with Crippen LogP contribution in [0.4, 0.5) is 23.2 Å². The second kappa shape index (κ2) is 8.22. The third-order valence-electron chi connectivity index (χ3n) is 6.30. The molecule has 0 saturated heterocycles. The Labute approximate surface area is 185 Å². The molecule has 0 saturated carbocycles. The summed E-state index contributed by atoms with van der Waals surface area (Å²) in [5.74, 6) is -2.31. The number of hydrogen-bond donors (Lipinski definition) is 1. The first kappa shape index (κ1) is 22.8. The number of alkyl halides is 3. The van der Waals surface area contributed by atoms with Crippen molar-refractivity contribution >= 4 is 15.7 Å². The highest BCUT2D eigenvalue weighted by Gasteiger charge is 2.42. The number of fused-ring (bicyclic) bond motifs is 1. The Morgan fingerprint density at radius 2 is 1.91 bits per heavy atom.